The lowest BCUT2D eigenvalue weighted by Crippen LogP contribution is -2.17. The molecule has 86 valence electrons. The molecule has 1 aliphatic carbocycles. The molecule has 1 aliphatic rings. The maximum Gasteiger partial charge on any atom is 0.433 e. The average molecular weight is 222 g/mol. The summed E-state index contributed by atoms with van der Waals surface area (Å²) in [5.74, 6) is 0.413. The van der Waals surface area contributed by atoms with Crippen LogP contribution in [0.25, 0.3) is 0 Å². The van der Waals surface area contributed by atoms with Crippen LogP contribution in [0.1, 0.15) is 31.1 Å². The molecule has 0 radical (unpaired) electrons. The summed E-state index contributed by atoms with van der Waals surface area (Å²) in [4.78, 5) is 10.0. The third kappa shape index (κ3) is 1.99. The molecule has 1 heterocycles. The number of allylic oxidation sites excluding steroid dienone is 1. The number of nitrogens with zero attached hydrogens (tertiary/aromatic N) is 1. The molecular weight excluding hydrogens is 208 g/mol. The van der Waals surface area contributed by atoms with E-state index in [1.54, 1.807) is 6.07 Å². The molecule has 1 aromatic heterocycles. The molecule has 0 amide bonds. The Kier molecular flexibility index (Phi) is 3.05. The van der Waals surface area contributed by atoms with Gasteiger partial charge < -0.3 is 9.73 Å². The fourth-order valence-electron chi connectivity index (χ4n) is 2.06. The Morgan fingerprint density at radius 2 is 2.38 bits per heavy atom. The fourth-order valence-corrected chi connectivity index (χ4v) is 2.06. The summed E-state index contributed by atoms with van der Waals surface area (Å²) in [5.41, 5.74) is 1.26. The zero-order valence-corrected chi connectivity index (χ0v) is 9.10. The topological polar surface area (TPSA) is 68.3 Å². The van der Waals surface area contributed by atoms with Gasteiger partial charge in [-0.3, -0.25) is 10.1 Å². The molecule has 2 rings (SSSR count). The van der Waals surface area contributed by atoms with E-state index in [1.165, 1.54) is 11.6 Å². The predicted octanol–water partition coefficient (Wildman–Crippen LogP) is 2.56. The fraction of sp³-hybridized carbons (Fsp3) is 0.455. The first kappa shape index (κ1) is 10.9. The second-order valence-electron chi connectivity index (χ2n) is 3.83. The van der Waals surface area contributed by atoms with E-state index in [0.717, 1.165) is 19.3 Å². The van der Waals surface area contributed by atoms with E-state index in [-0.39, 0.29) is 11.9 Å². The Hall–Kier alpha value is -1.62. The number of nitro groups is 1. The van der Waals surface area contributed by atoms with Crippen LogP contribution in [0.4, 0.5) is 5.88 Å². The van der Waals surface area contributed by atoms with Gasteiger partial charge in [0.25, 0.3) is 0 Å². The van der Waals surface area contributed by atoms with Crippen LogP contribution in [0.15, 0.2) is 28.2 Å². The molecule has 1 unspecified atom stereocenters. The van der Waals surface area contributed by atoms with Crippen molar-refractivity contribution in [1.29, 1.82) is 0 Å². The average Bonchev–Trinajstić information content (AvgIpc) is 2.88. The minimum absolute atomic E-state index is 0.0313. The largest absolute Gasteiger partial charge is 0.433 e. The zero-order chi connectivity index (χ0) is 11.5. The van der Waals surface area contributed by atoms with Crippen molar-refractivity contribution >= 4 is 5.88 Å². The van der Waals surface area contributed by atoms with Crippen molar-refractivity contribution < 1.29 is 9.34 Å². The lowest BCUT2D eigenvalue weighted by Gasteiger charge is -2.14. The Morgan fingerprint density at radius 1 is 1.56 bits per heavy atom. The molecule has 0 aliphatic heterocycles. The minimum atomic E-state index is -0.515. The highest BCUT2D eigenvalue weighted by Crippen LogP contribution is 2.32. The molecule has 5 nitrogen and oxygen atoms in total. The number of hydrogen-bond donors (Lipinski definition) is 1. The first-order chi connectivity index (χ1) is 7.72. The second-order valence-corrected chi connectivity index (χ2v) is 3.83. The molecule has 1 N–H and O–H groups in total. The Morgan fingerprint density at radius 3 is 2.88 bits per heavy atom. The molecule has 1 aromatic rings. The quantitative estimate of drug-likeness (QED) is 0.483. The van der Waals surface area contributed by atoms with Gasteiger partial charge in [-0.1, -0.05) is 6.08 Å². The van der Waals surface area contributed by atoms with Crippen molar-refractivity contribution in [3.8, 4) is 0 Å². The van der Waals surface area contributed by atoms with E-state index < -0.39 is 4.92 Å². The van der Waals surface area contributed by atoms with Gasteiger partial charge in [0.15, 0.2) is 0 Å². The van der Waals surface area contributed by atoms with Crippen LogP contribution in [0.2, 0.25) is 0 Å². The molecule has 0 spiro atoms. The highest BCUT2D eigenvalue weighted by molar-refractivity contribution is 5.27. The van der Waals surface area contributed by atoms with Gasteiger partial charge in [-0.2, -0.15) is 0 Å². The summed E-state index contributed by atoms with van der Waals surface area (Å²) in [5, 5.41) is 13.7. The van der Waals surface area contributed by atoms with Crippen molar-refractivity contribution in [3.05, 3.63) is 39.7 Å². The molecule has 16 heavy (non-hydrogen) atoms. The van der Waals surface area contributed by atoms with Crippen molar-refractivity contribution in [3.63, 3.8) is 0 Å². The van der Waals surface area contributed by atoms with Crippen LogP contribution < -0.4 is 5.32 Å². The molecular formula is C11H14N2O3. The predicted molar refractivity (Wildman–Crippen MR) is 59.1 cm³/mol. The van der Waals surface area contributed by atoms with Crippen LogP contribution in [0.5, 0.6) is 0 Å². The molecule has 0 fully saturated rings. The van der Waals surface area contributed by atoms with Crippen molar-refractivity contribution in [1.82, 2.24) is 5.32 Å². The van der Waals surface area contributed by atoms with Gasteiger partial charge in [0, 0.05) is 0 Å². The van der Waals surface area contributed by atoms with Crippen LogP contribution >= 0.6 is 0 Å². The normalized spacial score (nSPS) is 17.2. The lowest BCUT2D eigenvalue weighted by molar-refractivity contribution is -0.402. The van der Waals surface area contributed by atoms with Crippen LogP contribution in [0, 0.1) is 10.1 Å². The number of furan rings is 1. The summed E-state index contributed by atoms with van der Waals surface area (Å²) in [6.07, 6.45) is 5.43. The third-order valence-electron chi connectivity index (χ3n) is 2.81. The molecule has 0 aromatic carbocycles. The molecule has 1 atom stereocenters. The number of hydrogen-bond acceptors (Lipinski definition) is 4. The minimum Gasteiger partial charge on any atom is -0.404 e. The van der Waals surface area contributed by atoms with E-state index in [9.17, 15) is 10.1 Å². The molecule has 0 saturated carbocycles. The van der Waals surface area contributed by atoms with Crippen LogP contribution in [-0.4, -0.2) is 12.0 Å². The molecule has 0 bridgehead atoms. The Bertz CT molecular complexity index is 423. The van der Waals surface area contributed by atoms with E-state index in [2.05, 4.69) is 11.4 Å². The summed E-state index contributed by atoms with van der Waals surface area (Å²) in [6, 6.07) is 3.03. The smallest absolute Gasteiger partial charge is 0.404 e. The van der Waals surface area contributed by atoms with Gasteiger partial charge in [-0.15, -0.1) is 0 Å². The van der Waals surface area contributed by atoms with Gasteiger partial charge in [-0.05, 0) is 37.9 Å². The summed E-state index contributed by atoms with van der Waals surface area (Å²) < 4.78 is 5.21. The number of rotatable bonds is 4. The third-order valence-corrected chi connectivity index (χ3v) is 2.81. The highest BCUT2D eigenvalue weighted by atomic mass is 16.6. The van der Waals surface area contributed by atoms with Crippen LogP contribution in [-0.2, 0) is 0 Å². The van der Waals surface area contributed by atoms with Gasteiger partial charge in [-0.25, -0.2) is 0 Å². The number of likely N-dealkylation sites (N-methyl/N-ethyl adjacent to an activating group) is 1. The summed E-state index contributed by atoms with van der Waals surface area (Å²) in [6.45, 7) is 0. The highest BCUT2D eigenvalue weighted by Gasteiger charge is 2.22. The Balaban J connectivity index is 2.22. The standard InChI is InChI=1S/C11H14N2O3/c1-12-11(8-4-2-3-5-8)9-6-7-10(16-9)13(14)15/h4,6-7,11-12H,2-3,5H2,1H3. The second kappa shape index (κ2) is 4.49. The maximum atomic E-state index is 10.5. The van der Waals surface area contributed by atoms with E-state index in [1.807, 2.05) is 7.05 Å². The van der Waals surface area contributed by atoms with E-state index in [0.29, 0.717) is 5.76 Å². The van der Waals surface area contributed by atoms with Gasteiger partial charge in [0.05, 0.1) is 12.1 Å². The van der Waals surface area contributed by atoms with Crippen molar-refractivity contribution in [2.45, 2.75) is 25.3 Å². The van der Waals surface area contributed by atoms with Crippen LogP contribution in [0.3, 0.4) is 0 Å². The monoisotopic (exact) mass is 222 g/mol. The van der Waals surface area contributed by atoms with Crippen molar-refractivity contribution in [2.24, 2.45) is 0 Å². The van der Waals surface area contributed by atoms with E-state index >= 15 is 0 Å². The SMILES string of the molecule is CNC(C1=CCCC1)c1ccc([N+](=O)[O-])o1. The van der Waals surface area contributed by atoms with Gasteiger partial charge in [0.2, 0.25) is 0 Å². The molecule has 0 saturated heterocycles. The summed E-state index contributed by atoms with van der Waals surface area (Å²) >= 11 is 0. The van der Waals surface area contributed by atoms with E-state index in [4.69, 9.17) is 4.42 Å². The van der Waals surface area contributed by atoms with Crippen molar-refractivity contribution in [2.75, 3.05) is 7.05 Å². The first-order valence-corrected chi connectivity index (χ1v) is 5.32. The number of nitrogens with one attached hydrogen (secondary N) is 1. The van der Waals surface area contributed by atoms with Gasteiger partial charge >= 0.3 is 5.88 Å². The van der Waals surface area contributed by atoms with Gasteiger partial charge in [0.1, 0.15) is 10.7 Å². The first-order valence-electron chi connectivity index (χ1n) is 5.32. The lowest BCUT2D eigenvalue weighted by atomic mass is 10.0. The zero-order valence-electron chi connectivity index (χ0n) is 9.10. The maximum absolute atomic E-state index is 10.5. The Labute approximate surface area is 93.3 Å². The summed E-state index contributed by atoms with van der Waals surface area (Å²) in [7, 11) is 1.83. The molecule has 5 heteroatoms.